The van der Waals surface area contributed by atoms with Gasteiger partial charge in [-0.2, -0.15) is 0 Å². The molecular formula is C39H103BBr3N9O3. The van der Waals surface area contributed by atoms with E-state index >= 15 is 0 Å². The van der Waals surface area contributed by atoms with Crippen LogP contribution >= 0.6 is 47.8 Å². The van der Waals surface area contributed by atoms with Crippen LogP contribution in [0.2, 0.25) is 6.82 Å². The van der Waals surface area contributed by atoms with Crippen molar-refractivity contribution in [3.05, 3.63) is 24.6 Å². The predicted octanol–water partition coefficient (Wildman–Crippen LogP) is 9.16. The van der Waals surface area contributed by atoms with Crippen molar-refractivity contribution in [3.63, 3.8) is 0 Å². The molecule has 3 heterocycles. The molecule has 0 spiro atoms. The number of hydrogen-bond donors (Lipinski definition) is 7. The van der Waals surface area contributed by atoms with Crippen molar-refractivity contribution in [2.45, 2.75) is 149 Å². The van der Waals surface area contributed by atoms with Gasteiger partial charge in [0.25, 0.3) is 0 Å². The highest BCUT2D eigenvalue weighted by Gasteiger charge is 2.48. The highest BCUT2D eigenvalue weighted by atomic mass is 79.9. The number of rotatable bonds is 6. The first-order valence-corrected chi connectivity index (χ1v) is 20.4. The second kappa shape index (κ2) is 68.2. The number of nitrogens with zero attached hydrogens (tertiary/aromatic N) is 2. The molecule has 0 aliphatic carbocycles. The molecule has 1 saturated heterocycles. The van der Waals surface area contributed by atoms with E-state index in [9.17, 15) is 4.79 Å². The van der Waals surface area contributed by atoms with E-state index in [2.05, 4.69) is 150 Å². The van der Waals surface area contributed by atoms with Crippen LogP contribution in [-0.4, -0.2) is 121 Å². The first-order chi connectivity index (χ1) is 22.8. The first kappa shape index (κ1) is 95.1. The van der Waals surface area contributed by atoms with Crippen molar-refractivity contribution in [1.29, 1.82) is 0 Å². The van der Waals surface area contributed by atoms with Crippen LogP contribution in [0.5, 0.6) is 0 Å². The number of nitrogens with one attached hydrogen (secondary N) is 4. The number of amides is 1. The summed E-state index contributed by atoms with van der Waals surface area (Å²) in [4.78, 5) is 18.9. The number of halogens is 3. The summed E-state index contributed by atoms with van der Waals surface area (Å²) in [6.45, 7) is 16.2. The molecular weight excluding hydrogens is 893 g/mol. The number of aliphatic imine (C=N–C) groups is 2. The zero-order valence-corrected chi connectivity index (χ0v) is 38.3. The lowest BCUT2D eigenvalue weighted by Gasteiger charge is -2.32. The minimum Gasteiger partial charge on any atom is -0.403 e. The number of alkyl halides is 3. The molecule has 0 aromatic heterocycles. The van der Waals surface area contributed by atoms with Crippen LogP contribution in [0.3, 0.4) is 0 Å². The summed E-state index contributed by atoms with van der Waals surface area (Å²) in [5.74, 6) is 5.46. The molecule has 16 heteroatoms. The Morgan fingerprint density at radius 3 is 1.00 bits per heavy atom. The molecule has 0 saturated carbocycles. The quantitative estimate of drug-likeness (QED) is 0.101. The summed E-state index contributed by atoms with van der Waals surface area (Å²) in [5, 5.41) is 11.6. The van der Waals surface area contributed by atoms with Gasteiger partial charge in [-0.25, -0.2) is 0 Å². The van der Waals surface area contributed by atoms with Gasteiger partial charge in [-0.3, -0.25) is 14.8 Å². The van der Waals surface area contributed by atoms with Crippen molar-refractivity contribution in [3.8, 4) is 0 Å². The molecule has 0 unspecified atom stereocenters. The van der Waals surface area contributed by atoms with E-state index < -0.39 is 0 Å². The average molecular weight is 997 g/mol. The van der Waals surface area contributed by atoms with Crippen LogP contribution in [0, 0.1) is 0 Å². The molecule has 0 bridgehead atoms. The third-order valence-corrected chi connectivity index (χ3v) is 6.66. The molecule has 10 N–H and O–H groups in total. The van der Waals surface area contributed by atoms with Gasteiger partial charge < -0.3 is 47.8 Å². The molecule has 346 valence electrons. The largest absolute Gasteiger partial charge is 0.454 e. The fraction of sp³-hybridized carbons (Fsp3) is 0.821. The Bertz CT molecular complexity index is 758. The Balaban J connectivity index is -0.0000000299. The summed E-state index contributed by atoms with van der Waals surface area (Å²) in [6, 6.07) is 0.778. The van der Waals surface area contributed by atoms with Crippen LogP contribution in [0.15, 0.2) is 34.5 Å². The predicted molar refractivity (Wildman–Crippen MR) is 276 cm³/mol. The minimum absolute atomic E-state index is 0. The van der Waals surface area contributed by atoms with E-state index in [1.54, 1.807) is 21.0 Å². The Kier molecular flexibility index (Phi) is 118. The Hall–Kier alpha value is -0.525. The highest BCUT2D eigenvalue weighted by Crippen LogP contribution is 2.36. The van der Waals surface area contributed by atoms with Gasteiger partial charge in [-0.15, -0.1) is 0 Å². The zero-order valence-electron chi connectivity index (χ0n) is 33.5. The second-order valence-electron chi connectivity index (χ2n) is 9.89. The fourth-order valence-electron chi connectivity index (χ4n) is 3.14. The maximum atomic E-state index is 10.6. The molecule has 3 aliphatic rings. The topological polar surface area (TPSA) is 186 Å². The van der Waals surface area contributed by atoms with E-state index in [0.29, 0.717) is 12.1 Å². The molecule has 0 radical (unpaired) electrons. The zero-order chi connectivity index (χ0) is 39.9. The lowest BCUT2D eigenvalue weighted by atomic mass is 9.90. The Morgan fingerprint density at radius 2 is 0.891 bits per heavy atom. The van der Waals surface area contributed by atoms with Crippen LogP contribution in [0.1, 0.15) is 113 Å². The summed E-state index contributed by atoms with van der Waals surface area (Å²) in [7, 11) is 11.7. The third kappa shape index (κ3) is 51.5. The number of nitrogens with two attached hydrogens (primary N) is 3. The number of allylic oxidation sites excluding steroid dienone is 2. The molecule has 3 atom stereocenters. The number of likely N-dealkylation sites (N-methyl/N-ethyl adjacent to an activating group) is 2. The fourth-order valence-corrected chi connectivity index (χ4v) is 3.14. The van der Waals surface area contributed by atoms with Crippen LogP contribution in [-0.2, 0) is 14.1 Å². The normalized spacial score (nSPS) is 14.4. The average Bonchev–Trinajstić information content (AvgIpc) is 3.91. The van der Waals surface area contributed by atoms with Gasteiger partial charge in [-0.1, -0.05) is 112 Å². The van der Waals surface area contributed by atoms with Gasteiger partial charge in [-0.05, 0) is 115 Å². The first-order valence-electron chi connectivity index (χ1n) is 15.6. The van der Waals surface area contributed by atoms with Crippen LogP contribution in [0.4, 0.5) is 0 Å². The van der Waals surface area contributed by atoms with Crippen molar-refractivity contribution in [2.24, 2.45) is 27.2 Å². The Morgan fingerprint density at radius 1 is 0.636 bits per heavy atom. The van der Waals surface area contributed by atoms with Gasteiger partial charge in [0.15, 0.2) is 0 Å². The van der Waals surface area contributed by atoms with Gasteiger partial charge in [0.1, 0.15) is 0 Å². The monoisotopic (exact) mass is 994 g/mol. The number of hydrogen-bond acceptors (Lipinski definition) is 11. The van der Waals surface area contributed by atoms with Gasteiger partial charge >= 0.3 is 7.12 Å². The molecule has 0 aromatic carbocycles. The molecule has 12 nitrogen and oxygen atoms in total. The number of carbonyl (C=O) groups is 1. The molecule has 55 heavy (non-hydrogen) atoms. The van der Waals surface area contributed by atoms with Crippen molar-refractivity contribution in [1.82, 2.24) is 21.3 Å². The standard InChI is InChI=1S/C7H15BO2.2C7H12N2.C5H12N2O.3CH3Br.3CH5N.7CH4/c1-6(2)7(3,4)10-8(5)9-6;2*1-6(8-2)7-4-3-5-9-7;1-4(6-2)5(8)7-3;6*1-2;;;;;;;/h1-5H3;2*3,5-6,8H,4H2,1-2H3;4,6H,1-3H3,(H,7,8);3*1H3;3*2H2,1H3;7*1H4/t;2*6-;4-;;;;;;;;;;;;;/m.000............./s1. The smallest absolute Gasteiger partial charge is 0.403 e. The van der Waals surface area contributed by atoms with Crippen LogP contribution < -0.4 is 38.5 Å². The highest BCUT2D eigenvalue weighted by molar-refractivity contribution is 9.09. The van der Waals surface area contributed by atoms with Crippen molar-refractivity contribution in [2.75, 3.05) is 66.8 Å². The van der Waals surface area contributed by atoms with Gasteiger partial charge in [0.05, 0.1) is 17.2 Å². The molecule has 0 aromatic rings. The molecule has 3 aliphatic heterocycles. The number of carbonyl (C=O) groups excluding carboxylic acids is 1. The minimum atomic E-state index is -0.160. The van der Waals surface area contributed by atoms with E-state index in [1.165, 1.54) is 32.6 Å². The molecule has 3 rings (SSSR count). The summed E-state index contributed by atoms with van der Waals surface area (Å²) in [6.07, 6.45) is 9.91. The van der Waals surface area contributed by atoms with Crippen molar-refractivity contribution >= 4 is 72.2 Å². The second-order valence-corrected chi connectivity index (χ2v) is 9.89. The molecule has 1 amide bonds. The van der Waals surface area contributed by atoms with E-state index in [0.717, 1.165) is 12.8 Å². The van der Waals surface area contributed by atoms with Crippen molar-refractivity contribution < 1.29 is 14.1 Å². The van der Waals surface area contributed by atoms with E-state index in [4.69, 9.17) is 9.31 Å². The summed E-state index contributed by atoms with van der Waals surface area (Å²) >= 11 is 8.81. The van der Waals surface area contributed by atoms with Crippen LogP contribution in [0.25, 0.3) is 0 Å². The van der Waals surface area contributed by atoms with Gasteiger partial charge in [0.2, 0.25) is 5.91 Å². The SMILES string of the molecule is C.C.C.C.C.C.C.CB1OC(C)(C)C(C)(C)O1.CBr.CBr.CBr.CN.CN.CN.CNC(=O)[C@H](C)NC.CN[C@@H](C)C1=NC=CC1.CN[C@@H](C)C1=NC=CC1. The lowest BCUT2D eigenvalue weighted by molar-refractivity contribution is -0.122. The summed E-state index contributed by atoms with van der Waals surface area (Å²) < 4.78 is 11.1. The maximum absolute atomic E-state index is 10.6. The summed E-state index contributed by atoms with van der Waals surface area (Å²) in [5.41, 5.74) is 15.6. The van der Waals surface area contributed by atoms with Gasteiger partial charge in [0, 0.05) is 55.8 Å². The maximum Gasteiger partial charge on any atom is 0.454 e. The lowest BCUT2D eigenvalue weighted by Crippen LogP contribution is -2.41. The molecule has 1 fully saturated rings. The van der Waals surface area contributed by atoms with E-state index in [-0.39, 0.29) is 82.3 Å². The third-order valence-electron chi connectivity index (χ3n) is 6.66. The van der Waals surface area contributed by atoms with E-state index in [1.807, 2.05) is 50.8 Å². The Labute approximate surface area is 373 Å².